The lowest BCUT2D eigenvalue weighted by Crippen LogP contribution is -2.47. The molecule has 8 heteroatoms. The van der Waals surface area contributed by atoms with Crippen molar-refractivity contribution in [1.82, 2.24) is 0 Å². The summed E-state index contributed by atoms with van der Waals surface area (Å²) in [6, 6.07) is 11.4. The van der Waals surface area contributed by atoms with Gasteiger partial charge in [-0.1, -0.05) is 11.6 Å². The maximum Gasteiger partial charge on any atom is 0.323 e. The van der Waals surface area contributed by atoms with Crippen molar-refractivity contribution in [2.75, 3.05) is 17.7 Å². The second kappa shape index (κ2) is 6.73. The first-order chi connectivity index (χ1) is 12.5. The van der Waals surface area contributed by atoms with Crippen molar-refractivity contribution in [3.63, 3.8) is 0 Å². The zero-order valence-electron chi connectivity index (χ0n) is 15.1. The van der Waals surface area contributed by atoms with Crippen LogP contribution in [-0.4, -0.2) is 37.8 Å². The lowest BCUT2D eigenvalue weighted by atomic mass is 9.95. The van der Waals surface area contributed by atoms with E-state index in [4.69, 9.17) is 16.3 Å². The molecule has 27 heavy (non-hydrogen) atoms. The summed E-state index contributed by atoms with van der Waals surface area (Å²) >= 11 is 6.15. The highest BCUT2D eigenvalue weighted by Crippen LogP contribution is 2.48. The van der Waals surface area contributed by atoms with E-state index in [2.05, 4.69) is 0 Å². The van der Waals surface area contributed by atoms with Crippen LogP contribution in [0.5, 0.6) is 5.75 Å². The average Bonchev–Trinajstić information content (AvgIpc) is 2.75. The third-order valence-electron chi connectivity index (χ3n) is 4.70. The zero-order chi connectivity index (χ0) is 20.0. The van der Waals surface area contributed by atoms with Crippen molar-refractivity contribution in [1.29, 1.82) is 0 Å². The molecular weight excluding hydrogens is 390 g/mol. The first kappa shape index (κ1) is 19.5. The van der Waals surface area contributed by atoms with Gasteiger partial charge in [0.15, 0.2) is 9.84 Å². The first-order valence-corrected chi connectivity index (χ1v) is 10.5. The number of aliphatic carboxylic acids is 1. The monoisotopic (exact) mass is 409 g/mol. The Balaban J connectivity index is 1.99. The Hall–Kier alpha value is -2.25. The molecule has 0 fully saturated rings. The van der Waals surface area contributed by atoms with Crippen LogP contribution in [0.15, 0.2) is 47.4 Å². The maximum absolute atomic E-state index is 11.6. The van der Waals surface area contributed by atoms with Crippen molar-refractivity contribution >= 4 is 33.1 Å². The molecule has 1 aliphatic rings. The number of carboxylic acid groups (broad SMARTS) is 1. The van der Waals surface area contributed by atoms with Crippen LogP contribution in [0, 0.1) is 0 Å². The van der Waals surface area contributed by atoms with Crippen LogP contribution in [0.1, 0.15) is 25.5 Å². The highest BCUT2D eigenvalue weighted by Gasteiger charge is 2.47. The SMILES string of the molecule is CC1(C)C(Oc2ccc(S(C)(=O)=O)cc2)c2cc(Cl)ccc2N1CC(=O)O. The standard InChI is InChI=1S/C19H20ClNO5S/c1-19(2)18(26-13-5-7-14(8-6-13)27(3,24)25)15-10-12(20)4-9-16(15)21(19)11-17(22)23/h4-10,18H,11H2,1-3H3,(H,22,23). The highest BCUT2D eigenvalue weighted by molar-refractivity contribution is 7.90. The van der Waals surface area contributed by atoms with Gasteiger partial charge in [-0.15, -0.1) is 0 Å². The highest BCUT2D eigenvalue weighted by atomic mass is 35.5. The van der Waals surface area contributed by atoms with Gasteiger partial charge in [-0.2, -0.15) is 0 Å². The Morgan fingerprint density at radius 3 is 2.41 bits per heavy atom. The molecule has 1 N–H and O–H groups in total. The van der Waals surface area contributed by atoms with Gasteiger partial charge in [0.1, 0.15) is 18.4 Å². The van der Waals surface area contributed by atoms with Crippen LogP contribution in [0.2, 0.25) is 5.02 Å². The molecule has 1 heterocycles. The molecule has 0 amide bonds. The van der Waals surface area contributed by atoms with Crippen molar-refractivity contribution in [3.05, 3.63) is 53.1 Å². The second-order valence-electron chi connectivity index (χ2n) is 7.08. The van der Waals surface area contributed by atoms with E-state index in [1.807, 2.05) is 13.8 Å². The molecule has 0 bridgehead atoms. The summed E-state index contributed by atoms with van der Waals surface area (Å²) in [4.78, 5) is 13.3. The number of hydrogen-bond donors (Lipinski definition) is 1. The van der Waals surface area contributed by atoms with E-state index in [-0.39, 0.29) is 11.4 Å². The molecule has 1 unspecified atom stereocenters. The summed E-state index contributed by atoms with van der Waals surface area (Å²) in [5.41, 5.74) is 0.895. The number of fused-ring (bicyclic) bond motifs is 1. The summed E-state index contributed by atoms with van der Waals surface area (Å²) in [5.74, 6) is -0.453. The van der Waals surface area contributed by atoms with Crippen LogP contribution in [-0.2, 0) is 14.6 Å². The third-order valence-corrected chi connectivity index (χ3v) is 6.06. The molecule has 144 valence electrons. The summed E-state index contributed by atoms with van der Waals surface area (Å²) in [6.07, 6.45) is 0.667. The normalized spacial score (nSPS) is 18.2. The molecule has 0 saturated heterocycles. The van der Waals surface area contributed by atoms with Crippen LogP contribution in [0.3, 0.4) is 0 Å². The van der Waals surface area contributed by atoms with Gasteiger partial charge in [0.25, 0.3) is 0 Å². The third kappa shape index (κ3) is 3.75. The predicted octanol–water partition coefficient (Wildman–Crippen LogP) is 3.55. The van der Waals surface area contributed by atoms with Crippen molar-refractivity contribution in [2.24, 2.45) is 0 Å². The number of anilines is 1. The number of rotatable bonds is 5. The van der Waals surface area contributed by atoms with Crippen LogP contribution in [0.4, 0.5) is 5.69 Å². The van der Waals surface area contributed by atoms with Crippen LogP contribution in [0.25, 0.3) is 0 Å². The topological polar surface area (TPSA) is 83.9 Å². The van der Waals surface area contributed by atoms with Gasteiger partial charge in [-0.3, -0.25) is 4.79 Å². The zero-order valence-corrected chi connectivity index (χ0v) is 16.7. The fraction of sp³-hybridized carbons (Fsp3) is 0.316. The fourth-order valence-corrected chi connectivity index (χ4v) is 4.16. The molecule has 6 nitrogen and oxygen atoms in total. The number of sulfone groups is 1. The Morgan fingerprint density at radius 2 is 1.85 bits per heavy atom. The minimum Gasteiger partial charge on any atom is -0.483 e. The van der Waals surface area contributed by atoms with Gasteiger partial charge in [0, 0.05) is 22.5 Å². The molecule has 0 saturated carbocycles. The second-order valence-corrected chi connectivity index (χ2v) is 9.53. The maximum atomic E-state index is 11.6. The number of carboxylic acids is 1. The van der Waals surface area contributed by atoms with Crippen molar-refractivity contribution in [2.45, 2.75) is 30.4 Å². The van der Waals surface area contributed by atoms with Crippen LogP contribution < -0.4 is 9.64 Å². The van der Waals surface area contributed by atoms with Gasteiger partial charge in [0.2, 0.25) is 0 Å². The fourth-order valence-electron chi connectivity index (χ4n) is 3.35. The van der Waals surface area contributed by atoms with E-state index in [0.717, 1.165) is 17.5 Å². The van der Waals surface area contributed by atoms with E-state index in [1.54, 1.807) is 35.2 Å². The number of benzene rings is 2. The van der Waals surface area contributed by atoms with Gasteiger partial charge in [-0.05, 0) is 56.3 Å². The molecule has 0 aliphatic carbocycles. The largest absolute Gasteiger partial charge is 0.483 e. The number of halogens is 1. The van der Waals surface area contributed by atoms with Gasteiger partial charge >= 0.3 is 5.97 Å². The minimum absolute atomic E-state index is 0.172. The average molecular weight is 410 g/mol. The molecule has 0 aromatic heterocycles. The van der Waals surface area contributed by atoms with E-state index >= 15 is 0 Å². The van der Waals surface area contributed by atoms with Crippen molar-refractivity contribution in [3.8, 4) is 5.75 Å². The number of nitrogens with zero attached hydrogens (tertiary/aromatic N) is 1. The summed E-state index contributed by atoms with van der Waals surface area (Å²) < 4.78 is 29.4. The Morgan fingerprint density at radius 1 is 1.22 bits per heavy atom. The summed E-state index contributed by atoms with van der Waals surface area (Å²) in [7, 11) is -3.29. The lowest BCUT2D eigenvalue weighted by Gasteiger charge is -2.36. The first-order valence-electron chi connectivity index (χ1n) is 8.26. The van der Waals surface area contributed by atoms with Crippen LogP contribution >= 0.6 is 11.6 Å². The Labute approximate surface area is 163 Å². The van der Waals surface area contributed by atoms with Gasteiger partial charge in [-0.25, -0.2) is 8.42 Å². The Bertz CT molecular complexity index is 986. The molecule has 3 rings (SSSR count). The van der Waals surface area contributed by atoms with E-state index < -0.39 is 27.4 Å². The van der Waals surface area contributed by atoms with Gasteiger partial charge in [0.05, 0.1) is 10.4 Å². The quantitative estimate of drug-likeness (QED) is 0.813. The van der Waals surface area contributed by atoms with Gasteiger partial charge < -0.3 is 14.7 Å². The molecule has 0 spiro atoms. The molecule has 1 aliphatic heterocycles. The molecule has 2 aromatic rings. The summed E-state index contributed by atoms with van der Waals surface area (Å²) in [5, 5.41) is 9.83. The van der Waals surface area contributed by atoms with E-state index in [1.165, 1.54) is 12.1 Å². The number of ether oxygens (including phenoxy) is 1. The van der Waals surface area contributed by atoms with E-state index in [0.29, 0.717) is 10.8 Å². The van der Waals surface area contributed by atoms with E-state index in [9.17, 15) is 18.3 Å². The minimum atomic E-state index is -3.29. The molecule has 0 radical (unpaired) electrons. The number of carbonyl (C=O) groups is 1. The Kier molecular flexibility index (Phi) is 4.86. The van der Waals surface area contributed by atoms with Crippen molar-refractivity contribution < 1.29 is 23.1 Å². The summed E-state index contributed by atoms with van der Waals surface area (Å²) in [6.45, 7) is 3.63. The lowest BCUT2D eigenvalue weighted by molar-refractivity contribution is -0.135. The molecule has 1 atom stereocenters. The predicted molar refractivity (Wildman–Crippen MR) is 103 cm³/mol. The molecular formula is C19H20ClNO5S. The number of hydrogen-bond acceptors (Lipinski definition) is 5. The smallest absolute Gasteiger partial charge is 0.323 e. The molecule has 2 aromatic carbocycles.